The van der Waals surface area contributed by atoms with Crippen molar-refractivity contribution in [3.63, 3.8) is 0 Å². The van der Waals surface area contributed by atoms with Crippen LogP contribution in [-0.4, -0.2) is 14.4 Å². The Kier molecular flexibility index (Phi) is 3.12. The zero-order valence-corrected chi connectivity index (χ0v) is 18.5. The summed E-state index contributed by atoms with van der Waals surface area (Å²) in [4.78, 5) is 9.18. The Labute approximate surface area is 192 Å². The number of rotatable bonds is 2. The van der Waals surface area contributed by atoms with Crippen molar-refractivity contribution in [2.45, 2.75) is 19.8 Å². The van der Waals surface area contributed by atoms with Crippen LogP contribution in [0.25, 0.3) is 22.6 Å². The highest BCUT2D eigenvalue weighted by Gasteiger charge is 2.68. The van der Waals surface area contributed by atoms with Crippen LogP contribution in [0.3, 0.4) is 0 Å². The highest BCUT2D eigenvalue weighted by atomic mass is 15.1. The van der Waals surface area contributed by atoms with Crippen LogP contribution in [0.4, 0.5) is 0 Å². The van der Waals surface area contributed by atoms with Gasteiger partial charge in [-0.1, -0.05) is 78.4 Å². The first-order valence-electron chi connectivity index (χ1n) is 11.8. The van der Waals surface area contributed by atoms with Gasteiger partial charge in [-0.15, -0.1) is 0 Å². The van der Waals surface area contributed by atoms with Gasteiger partial charge < -0.3 is 0 Å². The Balaban J connectivity index is 1.22. The molecule has 6 aliphatic rings. The summed E-state index contributed by atoms with van der Waals surface area (Å²) in [5.41, 5.74) is 11.0. The van der Waals surface area contributed by atoms with Crippen LogP contribution in [0, 0.1) is 23.7 Å². The van der Waals surface area contributed by atoms with Crippen LogP contribution < -0.4 is 0 Å². The summed E-state index contributed by atoms with van der Waals surface area (Å²) in [5.74, 6) is 1.35. The Hall–Kier alpha value is -3.72. The molecular weight excluding hydrogens is 402 g/mol. The lowest BCUT2D eigenvalue weighted by Crippen LogP contribution is -2.61. The monoisotopic (exact) mass is 425 g/mol. The average molecular weight is 426 g/mol. The third kappa shape index (κ3) is 2.02. The van der Waals surface area contributed by atoms with Crippen molar-refractivity contribution in [1.82, 2.24) is 14.4 Å². The maximum atomic E-state index is 4.77. The normalized spacial score (nSPS) is 30.2. The maximum absolute atomic E-state index is 4.77. The second kappa shape index (κ2) is 5.79. The molecule has 0 N–H and O–H groups in total. The topological polar surface area (TPSA) is 30.2 Å². The van der Waals surface area contributed by atoms with E-state index in [0.29, 0.717) is 5.92 Å². The number of hydrogen-bond acceptors (Lipinski definition) is 2. The summed E-state index contributed by atoms with van der Waals surface area (Å²) in [6, 6.07) is 10.9. The second-order valence-corrected chi connectivity index (χ2v) is 10.1. The molecule has 0 aliphatic heterocycles. The zero-order valence-electron chi connectivity index (χ0n) is 18.5. The van der Waals surface area contributed by atoms with Crippen molar-refractivity contribution < 1.29 is 0 Å². The van der Waals surface area contributed by atoms with Crippen LogP contribution in [0.2, 0.25) is 0 Å². The lowest BCUT2D eigenvalue weighted by molar-refractivity contribution is 0.0101. The molecule has 2 bridgehead atoms. The van der Waals surface area contributed by atoms with E-state index in [0.717, 1.165) is 29.1 Å². The fourth-order valence-corrected chi connectivity index (χ4v) is 7.30. The van der Waals surface area contributed by atoms with Crippen LogP contribution in [0.15, 0.2) is 108 Å². The lowest BCUT2D eigenvalue weighted by atomic mass is 9.33. The van der Waals surface area contributed by atoms with Crippen molar-refractivity contribution >= 4 is 11.4 Å². The first kappa shape index (κ1) is 17.8. The van der Waals surface area contributed by atoms with Crippen molar-refractivity contribution in [3.8, 4) is 11.3 Å². The first-order valence-corrected chi connectivity index (χ1v) is 11.8. The van der Waals surface area contributed by atoms with E-state index in [2.05, 4.69) is 84.8 Å². The van der Waals surface area contributed by atoms with Crippen LogP contribution in [0.1, 0.15) is 24.1 Å². The minimum absolute atomic E-state index is 0.163. The number of imidazole rings is 1. The van der Waals surface area contributed by atoms with E-state index in [4.69, 9.17) is 4.98 Å². The predicted molar refractivity (Wildman–Crippen MR) is 131 cm³/mol. The molecule has 1 fully saturated rings. The zero-order chi connectivity index (χ0) is 21.8. The van der Waals surface area contributed by atoms with Gasteiger partial charge in [0.1, 0.15) is 0 Å². The van der Waals surface area contributed by atoms with E-state index in [1.165, 1.54) is 23.1 Å². The Morgan fingerprint density at radius 1 is 1.03 bits per heavy atom. The van der Waals surface area contributed by atoms with Gasteiger partial charge in [-0.3, -0.25) is 4.40 Å². The third-order valence-corrected chi connectivity index (χ3v) is 8.65. The lowest BCUT2D eigenvalue weighted by Gasteiger charge is -2.69. The summed E-state index contributed by atoms with van der Waals surface area (Å²) >= 11 is 0. The largest absolute Gasteiger partial charge is 0.288 e. The molecule has 0 amide bonds. The first-order chi connectivity index (χ1) is 16.2. The van der Waals surface area contributed by atoms with Gasteiger partial charge in [0.15, 0.2) is 0 Å². The molecule has 0 radical (unpaired) electrons. The fourth-order valence-electron chi connectivity index (χ4n) is 7.30. The third-order valence-electron chi connectivity index (χ3n) is 8.65. The quantitative estimate of drug-likeness (QED) is 0.474. The minimum Gasteiger partial charge on any atom is -0.288 e. The molecule has 3 aromatic rings. The molecule has 3 heteroatoms. The van der Waals surface area contributed by atoms with Gasteiger partial charge in [-0.2, -0.15) is 0 Å². The molecule has 0 saturated heterocycles. The number of aromatic nitrogens is 3. The number of aryl methyl sites for hydroxylation is 1. The molecule has 3 unspecified atom stereocenters. The molecule has 9 rings (SSSR count). The van der Waals surface area contributed by atoms with E-state index in [-0.39, 0.29) is 10.8 Å². The van der Waals surface area contributed by atoms with Crippen molar-refractivity contribution in [3.05, 3.63) is 119 Å². The van der Waals surface area contributed by atoms with Gasteiger partial charge in [0.05, 0.1) is 5.69 Å². The molecule has 2 heterocycles. The summed E-state index contributed by atoms with van der Waals surface area (Å²) in [7, 11) is 0. The molecule has 1 aromatic carbocycles. The van der Waals surface area contributed by atoms with E-state index in [1.54, 1.807) is 17.3 Å². The summed E-state index contributed by atoms with van der Waals surface area (Å²) < 4.78 is 2.05. The van der Waals surface area contributed by atoms with Gasteiger partial charge in [0, 0.05) is 40.4 Å². The van der Waals surface area contributed by atoms with Crippen molar-refractivity contribution in [2.24, 2.45) is 16.7 Å². The second-order valence-electron chi connectivity index (χ2n) is 10.1. The van der Waals surface area contributed by atoms with Gasteiger partial charge in [-0.25, -0.2) is 9.97 Å². The molecule has 33 heavy (non-hydrogen) atoms. The Morgan fingerprint density at radius 2 is 1.91 bits per heavy atom. The smallest absolute Gasteiger partial charge is 0.234 e. The number of allylic oxidation sites excluding steroid dienone is 12. The highest BCUT2D eigenvalue weighted by Crippen LogP contribution is 2.77. The number of hydrogen-bond donors (Lipinski definition) is 0. The minimum atomic E-state index is 0.163. The SMILES string of the molecule is Cc1c(-c2ccc(C3=CC=C4C=CC56C=CC=C7CC=C3C4(C5)C76)cc2)nc2ncccn12. The number of benzene rings is 1. The Bertz CT molecular complexity index is 1570. The van der Waals surface area contributed by atoms with Gasteiger partial charge in [-0.05, 0) is 48.1 Å². The summed E-state index contributed by atoms with van der Waals surface area (Å²) in [6.07, 6.45) is 25.3. The van der Waals surface area contributed by atoms with E-state index in [9.17, 15) is 0 Å². The molecule has 158 valence electrons. The van der Waals surface area contributed by atoms with E-state index in [1.807, 2.05) is 16.7 Å². The molecule has 3 atom stereocenters. The van der Waals surface area contributed by atoms with Crippen LogP contribution >= 0.6 is 0 Å². The molecule has 2 aromatic heterocycles. The van der Waals surface area contributed by atoms with E-state index >= 15 is 0 Å². The van der Waals surface area contributed by atoms with Crippen molar-refractivity contribution in [1.29, 1.82) is 0 Å². The van der Waals surface area contributed by atoms with Gasteiger partial charge in [0.2, 0.25) is 5.78 Å². The van der Waals surface area contributed by atoms with Crippen molar-refractivity contribution in [2.75, 3.05) is 0 Å². The molecule has 3 nitrogen and oxygen atoms in total. The molecule has 6 aliphatic carbocycles. The summed E-state index contributed by atoms with van der Waals surface area (Å²) in [6.45, 7) is 2.11. The Morgan fingerprint density at radius 3 is 2.79 bits per heavy atom. The van der Waals surface area contributed by atoms with E-state index < -0.39 is 0 Å². The number of fused-ring (bicyclic) bond motifs is 1. The number of nitrogens with zero attached hydrogens (tertiary/aromatic N) is 3. The standard InChI is InChI=1S/C30H23N3/c1-19-26(32-28-31-16-3-17-33(19)28)21-7-5-20(6-8-21)24-11-10-23-13-15-29-14-2-4-22-9-12-25(24)30(23,18-29)27(22)29/h2-8,10-17,27H,9,18H2,1H3. The molecule has 1 saturated carbocycles. The van der Waals surface area contributed by atoms with Crippen LogP contribution in [0.5, 0.6) is 0 Å². The molecular formula is C30H23N3. The summed E-state index contributed by atoms with van der Waals surface area (Å²) in [5, 5.41) is 0. The maximum Gasteiger partial charge on any atom is 0.234 e. The van der Waals surface area contributed by atoms with Crippen LogP contribution in [-0.2, 0) is 0 Å². The average Bonchev–Trinajstić information content (AvgIpc) is 3.18. The molecule has 2 spiro atoms. The fraction of sp³-hybridized carbons (Fsp3) is 0.200. The van der Waals surface area contributed by atoms with Gasteiger partial charge in [0.25, 0.3) is 0 Å². The van der Waals surface area contributed by atoms with Gasteiger partial charge >= 0.3 is 0 Å². The predicted octanol–water partition coefficient (Wildman–Crippen LogP) is 6.42. The highest BCUT2D eigenvalue weighted by molar-refractivity contribution is 5.88.